The fourth-order valence-corrected chi connectivity index (χ4v) is 2.02. The Kier molecular flexibility index (Phi) is 4.79. The van der Waals surface area contributed by atoms with E-state index < -0.39 is 0 Å². The van der Waals surface area contributed by atoms with E-state index in [1.807, 2.05) is 13.8 Å². The summed E-state index contributed by atoms with van der Waals surface area (Å²) in [4.78, 5) is 8.19. The van der Waals surface area contributed by atoms with Gasteiger partial charge in [-0.1, -0.05) is 0 Å². The quantitative estimate of drug-likeness (QED) is 0.846. The van der Waals surface area contributed by atoms with Crippen LogP contribution < -0.4 is 15.8 Å². The Morgan fingerprint density at radius 1 is 1.47 bits per heavy atom. The van der Waals surface area contributed by atoms with Crippen molar-refractivity contribution in [2.24, 2.45) is 0 Å². The van der Waals surface area contributed by atoms with E-state index in [0.717, 1.165) is 19.4 Å². The lowest BCUT2D eigenvalue weighted by molar-refractivity contribution is 0.0247. The van der Waals surface area contributed by atoms with Gasteiger partial charge in [0.25, 0.3) is 0 Å². The zero-order chi connectivity index (χ0) is 13.7. The number of hydrogen-bond donors (Lipinski definition) is 2. The molecule has 1 aliphatic heterocycles. The van der Waals surface area contributed by atoms with Crippen LogP contribution in [0.4, 0.5) is 11.5 Å². The summed E-state index contributed by atoms with van der Waals surface area (Å²) in [6, 6.07) is 0. The van der Waals surface area contributed by atoms with E-state index in [4.69, 9.17) is 15.2 Å². The van der Waals surface area contributed by atoms with Gasteiger partial charge in [0.15, 0.2) is 5.82 Å². The van der Waals surface area contributed by atoms with Gasteiger partial charge in [0, 0.05) is 13.2 Å². The van der Waals surface area contributed by atoms with Crippen LogP contribution in [0.5, 0.6) is 5.88 Å². The molecule has 0 bridgehead atoms. The first-order valence-corrected chi connectivity index (χ1v) is 6.79. The third kappa shape index (κ3) is 3.96. The van der Waals surface area contributed by atoms with Crippen molar-refractivity contribution in [3.05, 3.63) is 6.33 Å². The second kappa shape index (κ2) is 6.56. The number of anilines is 2. The van der Waals surface area contributed by atoms with E-state index in [9.17, 15) is 0 Å². The minimum Gasteiger partial charge on any atom is -0.473 e. The molecule has 1 saturated heterocycles. The lowest BCUT2D eigenvalue weighted by Crippen LogP contribution is -2.27. The summed E-state index contributed by atoms with van der Waals surface area (Å²) in [5.74, 6) is 1.04. The maximum absolute atomic E-state index is 5.99. The van der Waals surface area contributed by atoms with Crippen LogP contribution in [0.15, 0.2) is 6.33 Å². The van der Waals surface area contributed by atoms with Crippen molar-refractivity contribution < 1.29 is 9.47 Å². The van der Waals surface area contributed by atoms with Crippen LogP contribution in [-0.4, -0.2) is 35.3 Å². The molecule has 106 valence electrons. The highest BCUT2D eigenvalue weighted by molar-refractivity contribution is 5.66. The molecule has 0 saturated carbocycles. The molecule has 6 nitrogen and oxygen atoms in total. The minimum absolute atomic E-state index is 0.0340. The molecule has 2 heterocycles. The van der Waals surface area contributed by atoms with E-state index in [1.165, 1.54) is 12.7 Å². The molecule has 1 unspecified atom stereocenters. The molecule has 1 atom stereocenters. The van der Waals surface area contributed by atoms with Crippen LogP contribution in [-0.2, 0) is 4.74 Å². The van der Waals surface area contributed by atoms with Gasteiger partial charge in [-0.25, -0.2) is 4.98 Å². The van der Waals surface area contributed by atoms with Gasteiger partial charge < -0.3 is 20.5 Å². The first-order chi connectivity index (χ1) is 9.16. The SMILES string of the molecule is CC(C)Oc1ncnc(NCC2CCCCO2)c1N. The standard InChI is InChI=1S/C13H22N4O2/c1-9(2)19-13-11(14)12(16-8-17-13)15-7-10-5-3-4-6-18-10/h8-10H,3-7,14H2,1-2H3,(H,15,16,17). The van der Waals surface area contributed by atoms with Crippen LogP contribution in [0, 0.1) is 0 Å². The van der Waals surface area contributed by atoms with Crippen LogP contribution in [0.3, 0.4) is 0 Å². The average molecular weight is 266 g/mol. The molecule has 1 aliphatic rings. The molecule has 3 N–H and O–H groups in total. The topological polar surface area (TPSA) is 82.3 Å². The smallest absolute Gasteiger partial charge is 0.242 e. The minimum atomic E-state index is 0.0340. The number of nitrogen functional groups attached to an aromatic ring is 1. The average Bonchev–Trinajstić information content (AvgIpc) is 2.40. The zero-order valence-corrected chi connectivity index (χ0v) is 11.6. The fraction of sp³-hybridized carbons (Fsp3) is 0.692. The van der Waals surface area contributed by atoms with Gasteiger partial charge in [-0.3, -0.25) is 0 Å². The van der Waals surface area contributed by atoms with Crippen molar-refractivity contribution in [1.29, 1.82) is 0 Å². The number of nitrogens with two attached hydrogens (primary N) is 1. The molecular weight excluding hydrogens is 244 g/mol. The number of hydrogen-bond acceptors (Lipinski definition) is 6. The number of nitrogens with zero attached hydrogens (tertiary/aromatic N) is 2. The number of nitrogens with one attached hydrogen (secondary N) is 1. The molecule has 1 aromatic rings. The van der Waals surface area contributed by atoms with Crippen molar-refractivity contribution >= 4 is 11.5 Å². The summed E-state index contributed by atoms with van der Waals surface area (Å²) in [5.41, 5.74) is 6.44. The predicted molar refractivity (Wildman–Crippen MR) is 74.3 cm³/mol. The summed E-state index contributed by atoms with van der Waals surface area (Å²) in [7, 11) is 0. The molecule has 19 heavy (non-hydrogen) atoms. The molecule has 6 heteroatoms. The molecule has 2 rings (SSSR count). The van der Waals surface area contributed by atoms with Crippen molar-refractivity contribution in [2.45, 2.75) is 45.3 Å². The van der Waals surface area contributed by atoms with Crippen LogP contribution in [0.2, 0.25) is 0 Å². The molecule has 0 radical (unpaired) electrons. The normalized spacial score (nSPS) is 19.4. The maximum Gasteiger partial charge on any atom is 0.242 e. The Labute approximate surface area is 113 Å². The van der Waals surface area contributed by atoms with Crippen LogP contribution in [0.1, 0.15) is 33.1 Å². The van der Waals surface area contributed by atoms with E-state index in [-0.39, 0.29) is 12.2 Å². The van der Waals surface area contributed by atoms with Crippen LogP contribution in [0.25, 0.3) is 0 Å². The van der Waals surface area contributed by atoms with E-state index in [1.54, 1.807) is 0 Å². The van der Waals surface area contributed by atoms with Crippen molar-refractivity contribution in [2.75, 3.05) is 24.2 Å². The Bertz CT molecular complexity index is 406. The lowest BCUT2D eigenvalue weighted by Gasteiger charge is -2.23. The van der Waals surface area contributed by atoms with Gasteiger partial charge in [0.2, 0.25) is 5.88 Å². The van der Waals surface area contributed by atoms with Gasteiger partial charge in [-0.15, -0.1) is 0 Å². The van der Waals surface area contributed by atoms with Gasteiger partial charge in [0.1, 0.15) is 12.0 Å². The summed E-state index contributed by atoms with van der Waals surface area (Å²) in [5, 5.41) is 3.22. The number of aromatic nitrogens is 2. The zero-order valence-electron chi connectivity index (χ0n) is 11.6. The highest BCUT2D eigenvalue weighted by atomic mass is 16.5. The largest absolute Gasteiger partial charge is 0.473 e. The van der Waals surface area contributed by atoms with Crippen molar-refractivity contribution in [3.8, 4) is 5.88 Å². The summed E-state index contributed by atoms with van der Waals surface area (Å²) in [6.07, 6.45) is 5.17. The maximum atomic E-state index is 5.99. The molecule has 0 aliphatic carbocycles. The first kappa shape index (κ1) is 13.9. The highest BCUT2D eigenvalue weighted by Crippen LogP contribution is 2.25. The monoisotopic (exact) mass is 266 g/mol. The van der Waals surface area contributed by atoms with Crippen molar-refractivity contribution in [3.63, 3.8) is 0 Å². The van der Waals surface area contributed by atoms with Crippen molar-refractivity contribution in [1.82, 2.24) is 9.97 Å². The molecule has 1 aromatic heterocycles. The van der Waals surface area contributed by atoms with Gasteiger partial charge in [0.05, 0.1) is 12.2 Å². The Morgan fingerprint density at radius 2 is 2.32 bits per heavy atom. The molecule has 0 spiro atoms. The summed E-state index contributed by atoms with van der Waals surface area (Å²) in [6.45, 7) is 5.42. The predicted octanol–water partition coefficient (Wildman–Crippen LogP) is 1.83. The second-order valence-electron chi connectivity index (χ2n) is 4.98. The van der Waals surface area contributed by atoms with E-state index in [0.29, 0.717) is 23.9 Å². The van der Waals surface area contributed by atoms with Gasteiger partial charge in [-0.05, 0) is 33.1 Å². The summed E-state index contributed by atoms with van der Waals surface area (Å²) >= 11 is 0. The Balaban J connectivity index is 1.95. The highest BCUT2D eigenvalue weighted by Gasteiger charge is 2.15. The Morgan fingerprint density at radius 3 is 3.00 bits per heavy atom. The molecular formula is C13H22N4O2. The molecule has 0 amide bonds. The van der Waals surface area contributed by atoms with E-state index in [2.05, 4.69) is 15.3 Å². The van der Waals surface area contributed by atoms with Gasteiger partial charge in [-0.2, -0.15) is 4.98 Å². The molecule has 1 fully saturated rings. The number of rotatable bonds is 5. The fourth-order valence-electron chi connectivity index (χ4n) is 2.02. The number of ether oxygens (including phenoxy) is 2. The third-order valence-corrected chi connectivity index (χ3v) is 2.97. The third-order valence-electron chi connectivity index (χ3n) is 2.97. The Hall–Kier alpha value is -1.56. The molecule has 0 aromatic carbocycles. The first-order valence-electron chi connectivity index (χ1n) is 6.79. The van der Waals surface area contributed by atoms with Crippen LogP contribution >= 0.6 is 0 Å². The van der Waals surface area contributed by atoms with E-state index >= 15 is 0 Å². The second-order valence-corrected chi connectivity index (χ2v) is 4.98. The summed E-state index contributed by atoms with van der Waals surface area (Å²) < 4.78 is 11.2. The lowest BCUT2D eigenvalue weighted by atomic mass is 10.1. The van der Waals surface area contributed by atoms with Gasteiger partial charge >= 0.3 is 0 Å².